The number of hydrogen-bond donors (Lipinski definition) is 2. The molecule has 0 saturated carbocycles. The molecule has 2 aliphatic heterocycles. The van der Waals surface area contributed by atoms with Crippen molar-refractivity contribution in [2.75, 3.05) is 18.6 Å². The number of fused-ring (bicyclic) bond motifs is 1. The van der Waals surface area contributed by atoms with Crippen molar-refractivity contribution in [3.8, 4) is 0 Å². The van der Waals surface area contributed by atoms with E-state index in [4.69, 9.17) is 9.15 Å². The predicted molar refractivity (Wildman–Crippen MR) is 113 cm³/mol. The molecule has 0 spiro atoms. The van der Waals surface area contributed by atoms with Crippen molar-refractivity contribution in [1.29, 1.82) is 0 Å². The first-order valence-corrected chi connectivity index (χ1v) is 12.0. The molecule has 1 fully saturated rings. The Bertz CT molecular complexity index is 1050. The molecule has 1 saturated heterocycles. The first kappa shape index (κ1) is 21.9. The number of aromatic nitrogens is 2. The van der Waals surface area contributed by atoms with Crippen LogP contribution < -0.4 is 5.32 Å². The van der Waals surface area contributed by atoms with Crippen molar-refractivity contribution >= 4 is 52.6 Å². The molecule has 0 aliphatic carbocycles. The number of thioether (sulfide) groups is 2. The van der Waals surface area contributed by atoms with Gasteiger partial charge in [0.25, 0.3) is 16.9 Å². The zero-order valence-corrected chi connectivity index (χ0v) is 18.9. The SMILES string of the molecule is COC1(NC(=O)Cc2cccs2)C(=O)N2C(C(=O)O)=C(CSc3nnc(C)o3)CS[C@H]21. The molecular formula is C18H18N4O6S3. The highest BCUT2D eigenvalue weighted by molar-refractivity contribution is 8.01. The molecule has 2 aromatic rings. The molecule has 0 bridgehead atoms. The van der Waals surface area contributed by atoms with Gasteiger partial charge in [-0.2, -0.15) is 0 Å². The van der Waals surface area contributed by atoms with Gasteiger partial charge in [0.15, 0.2) is 0 Å². The number of amides is 2. The Morgan fingerprint density at radius 3 is 2.90 bits per heavy atom. The number of carboxylic acids is 1. The Kier molecular flexibility index (Phi) is 6.10. The van der Waals surface area contributed by atoms with Crippen LogP contribution in [-0.4, -0.2) is 67.7 Å². The zero-order valence-electron chi connectivity index (χ0n) is 16.5. The van der Waals surface area contributed by atoms with Crippen LogP contribution in [0.4, 0.5) is 0 Å². The van der Waals surface area contributed by atoms with Gasteiger partial charge >= 0.3 is 5.97 Å². The van der Waals surface area contributed by atoms with Crippen molar-refractivity contribution in [1.82, 2.24) is 20.4 Å². The molecule has 4 heterocycles. The van der Waals surface area contributed by atoms with Crippen LogP contribution in [-0.2, 0) is 25.5 Å². The Morgan fingerprint density at radius 1 is 1.48 bits per heavy atom. The van der Waals surface area contributed by atoms with E-state index in [0.717, 1.165) is 4.88 Å². The van der Waals surface area contributed by atoms with Crippen LogP contribution in [0.25, 0.3) is 0 Å². The minimum absolute atomic E-state index is 0.0994. The summed E-state index contributed by atoms with van der Waals surface area (Å²) in [6, 6.07) is 3.67. The molecule has 2 aliphatic rings. The van der Waals surface area contributed by atoms with E-state index in [1.54, 1.807) is 6.92 Å². The molecule has 1 unspecified atom stereocenters. The third-order valence-electron chi connectivity index (χ3n) is 4.75. The average Bonchev–Trinajstić information content (AvgIpc) is 3.40. The lowest BCUT2D eigenvalue weighted by atomic mass is 9.98. The predicted octanol–water partition coefficient (Wildman–Crippen LogP) is 1.49. The number of methoxy groups -OCH3 is 1. The van der Waals surface area contributed by atoms with Crippen molar-refractivity contribution in [3.05, 3.63) is 39.6 Å². The third-order valence-corrected chi connectivity index (χ3v) is 7.91. The quantitative estimate of drug-likeness (QED) is 0.324. The molecule has 0 aromatic carbocycles. The lowest BCUT2D eigenvalue weighted by molar-refractivity contribution is -0.192. The van der Waals surface area contributed by atoms with Gasteiger partial charge in [0, 0.05) is 30.4 Å². The van der Waals surface area contributed by atoms with Crippen LogP contribution in [0, 0.1) is 6.92 Å². The Balaban J connectivity index is 1.52. The van der Waals surface area contributed by atoms with E-state index in [0.29, 0.717) is 22.4 Å². The second kappa shape index (κ2) is 8.65. The molecule has 10 nitrogen and oxygen atoms in total. The van der Waals surface area contributed by atoms with Crippen LogP contribution in [0.15, 0.2) is 38.4 Å². The minimum Gasteiger partial charge on any atom is -0.477 e. The van der Waals surface area contributed by atoms with Gasteiger partial charge < -0.3 is 19.6 Å². The number of nitrogens with zero attached hydrogens (tertiary/aromatic N) is 3. The zero-order chi connectivity index (χ0) is 22.2. The smallest absolute Gasteiger partial charge is 0.352 e. The highest BCUT2D eigenvalue weighted by Gasteiger charge is 2.66. The number of carbonyl (C=O) groups is 3. The van der Waals surface area contributed by atoms with Crippen LogP contribution in [0.2, 0.25) is 0 Å². The average molecular weight is 483 g/mol. The first-order chi connectivity index (χ1) is 14.9. The van der Waals surface area contributed by atoms with Gasteiger partial charge in [-0.05, 0) is 17.0 Å². The fourth-order valence-electron chi connectivity index (χ4n) is 3.36. The van der Waals surface area contributed by atoms with Crippen molar-refractivity contribution in [3.63, 3.8) is 0 Å². The summed E-state index contributed by atoms with van der Waals surface area (Å²) in [5, 5.41) is 21.6. The van der Waals surface area contributed by atoms with Crippen molar-refractivity contribution in [2.24, 2.45) is 0 Å². The molecule has 2 N–H and O–H groups in total. The monoisotopic (exact) mass is 482 g/mol. The Morgan fingerprint density at radius 2 is 2.29 bits per heavy atom. The minimum atomic E-state index is -1.60. The van der Waals surface area contributed by atoms with Crippen molar-refractivity contribution in [2.45, 2.75) is 29.7 Å². The number of β-lactam (4-membered cyclic amide) rings is 1. The van der Waals surface area contributed by atoms with Crippen LogP contribution >= 0.6 is 34.9 Å². The number of aryl methyl sites for hydroxylation is 1. The number of rotatable bonds is 8. The number of hydrogen-bond acceptors (Lipinski definition) is 10. The fourth-order valence-corrected chi connectivity index (χ4v) is 6.45. The fraction of sp³-hybridized carbons (Fsp3) is 0.389. The van der Waals surface area contributed by atoms with E-state index >= 15 is 0 Å². The lowest BCUT2D eigenvalue weighted by Crippen LogP contribution is -2.80. The maximum atomic E-state index is 13.1. The second-order valence-corrected chi connectivity index (χ2v) is 9.74. The van der Waals surface area contributed by atoms with Gasteiger partial charge in [0.1, 0.15) is 11.1 Å². The lowest BCUT2D eigenvalue weighted by Gasteiger charge is -2.55. The van der Waals surface area contributed by atoms with Gasteiger partial charge in [-0.1, -0.05) is 17.8 Å². The number of carbonyl (C=O) groups excluding carboxylic acids is 2. The number of nitrogens with one attached hydrogen (secondary N) is 1. The second-order valence-electron chi connectivity index (χ2n) is 6.72. The maximum absolute atomic E-state index is 13.1. The summed E-state index contributed by atoms with van der Waals surface area (Å²) in [6.45, 7) is 1.66. The van der Waals surface area contributed by atoms with Crippen LogP contribution in [0.5, 0.6) is 0 Å². The van der Waals surface area contributed by atoms with Gasteiger partial charge in [-0.25, -0.2) is 4.79 Å². The number of aliphatic carboxylic acids is 1. The summed E-state index contributed by atoms with van der Waals surface area (Å²) in [6.07, 6.45) is 0.112. The molecule has 4 rings (SSSR count). The van der Waals surface area contributed by atoms with Gasteiger partial charge in [-0.15, -0.1) is 33.3 Å². The van der Waals surface area contributed by atoms with E-state index in [1.165, 1.54) is 46.9 Å². The van der Waals surface area contributed by atoms with E-state index in [9.17, 15) is 19.5 Å². The highest BCUT2D eigenvalue weighted by atomic mass is 32.2. The molecule has 2 atom stereocenters. The molecule has 13 heteroatoms. The number of thiophene rings is 1. The topological polar surface area (TPSA) is 135 Å². The summed E-state index contributed by atoms with van der Waals surface area (Å²) in [4.78, 5) is 39.6. The molecule has 31 heavy (non-hydrogen) atoms. The van der Waals surface area contributed by atoms with Crippen LogP contribution in [0.3, 0.4) is 0 Å². The van der Waals surface area contributed by atoms with Crippen molar-refractivity contribution < 1.29 is 28.6 Å². The molecule has 164 valence electrons. The summed E-state index contributed by atoms with van der Waals surface area (Å²) >= 11 is 3.97. The standard InChI is InChI=1S/C18H18N4O6S3/c1-9-20-21-17(28-9)31-8-10-7-30-16-18(27-2,15(26)22(16)13(10)14(24)25)19-12(23)6-11-4-3-5-29-11/h3-5,16H,6-8H2,1-2H3,(H,19,23)(H,24,25)/t16-,18?/m0/s1. The summed E-state index contributed by atoms with van der Waals surface area (Å²) in [5.41, 5.74) is -1.14. The number of ether oxygens (including phenoxy) is 1. The van der Waals surface area contributed by atoms with E-state index in [2.05, 4.69) is 15.5 Å². The Hall–Kier alpha value is -2.35. The van der Waals surface area contributed by atoms with E-state index in [-0.39, 0.29) is 23.8 Å². The van der Waals surface area contributed by atoms with Gasteiger partial charge in [0.2, 0.25) is 11.8 Å². The van der Waals surface area contributed by atoms with E-state index in [1.807, 2.05) is 17.5 Å². The summed E-state index contributed by atoms with van der Waals surface area (Å²) in [5.74, 6) is -1.16. The third kappa shape index (κ3) is 3.97. The highest BCUT2D eigenvalue weighted by Crippen LogP contribution is 2.47. The molecular weight excluding hydrogens is 464 g/mol. The molecule has 0 radical (unpaired) electrons. The van der Waals surface area contributed by atoms with Gasteiger partial charge in [0.05, 0.1) is 6.42 Å². The molecule has 2 amide bonds. The first-order valence-electron chi connectivity index (χ1n) is 9.07. The Labute approximate surface area is 189 Å². The van der Waals surface area contributed by atoms with E-state index < -0.39 is 23.0 Å². The normalized spacial score (nSPS) is 22.8. The van der Waals surface area contributed by atoms with Crippen LogP contribution in [0.1, 0.15) is 10.8 Å². The number of carboxylic acid groups (broad SMARTS) is 1. The summed E-state index contributed by atoms with van der Waals surface area (Å²) in [7, 11) is 1.33. The maximum Gasteiger partial charge on any atom is 0.352 e. The molecule has 2 aromatic heterocycles. The summed E-state index contributed by atoms with van der Waals surface area (Å²) < 4.78 is 10.8. The van der Waals surface area contributed by atoms with Gasteiger partial charge in [-0.3, -0.25) is 14.5 Å². The largest absolute Gasteiger partial charge is 0.477 e.